The van der Waals surface area contributed by atoms with Crippen LogP contribution in [0.25, 0.3) is 37.9 Å². The van der Waals surface area contributed by atoms with Crippen LogP contribution in [-0.2, 0) is 0 Å². The van der Waals surface area contributed by atoms with Gasteiger partial charge in [-0.25, -0.2) is 9.97 Å². The van der Waals surface area contributed by atoms with E-state index in [1.165, 1.54) is 11.3 Å². The molecule has 0 atom stereocenters. The van der Waals surface area contributed by atoms with Gasteiger partial charge in [-0.3, -0.25) is 9.36 Å². The highest BCUT2D eigenvalue weighted by atomic mass is 32.1. The van der Waals surface area contributed by atoms with Crippen molar-refractivity contribution >= 4 is 54.9 Å². The Hall–Kier alpha value is -2.77. The van der Waals surface area contributed by atoms with E-state index in [4.69, 9.17) is 0 Å². The second-order valence-electron chi connectivity index (χ2n) is 6.33. The average molecular weight is 395 g/mol. The zero-order chi connectivity index (χ0) is 19.1. The molecule has 3 aromatic heterocycles. The molecule has 5 nitrogen and oxygen atoms in total. The monoisotopic (exact) mass is 394 g/mol. The molecule has 0 spiro atoms. The molecular weight excluding hydrogens is 376 g/mol. The number of hydrogen-bond donors (Lipinski definition) is 0. The number of aromatic nitrogens is 3. The van der Waals surface area contributed by atoms with Crippen molar-refractivity contribution in [2.75, 3.05) is 14.1 Å². The highest BCUT2D eigenvalue weighted by Gasteiger charge is 2.13. The summed E-state index contributed by atoms with van der Waals surface area (Å²) in [5.74, 6) is 0. The van der Waals surface area contributed by atoms with Gasteiger partial charge in [-0.2, -0.15) is 0 Å². The number of hydrogen-bond acceptors (Lipinski definition) is 6. The molecule has 0 bridgehead atoms. The molecule has 0 saturated carbocycles. The summed E-state index contributed by atoms with van der Waals surface area (Å²) in [6.45, 7) is 5.83. The lowest BCUT2D eigenvalue weighted by molar-refractivity contribution is 0.581. The lowest BCUT2D eigenvalue weighted by atomic mass is 10.2. The van der Waals surface area contributed by atoms with Crippen molar-refractivity contribution in [3.63, 3.8) is 0 Å². The molecule has 0 aliphatic carbocycles. The maximum atomic E-state index is 13.2. The summed E-state index contributed by atoms with van der Waals surface area (Å²) in [7, 11) is 3.97. The molecule has 0 aliphatic heterocycles. The van der Waals surface area contributed by atoms with Crippen LogP contribution in [-0.4, -0.2) is 33.5 Å². The van der Waals surface area contributed by atoms with Gasteiger partial charge in [-0.1, -0.05) is 12.7 Å². The Labute approximate surface area is 163 Å². The summed E-state index contributed by atoms with van der Waals surface area (Å²) >= 11 is 3.03. The molecule has 0 amide bonds. The van der Waals surface area contributed by atoms with Crippen molar-refractivity contribution in [1.82, 2.24) is 19.4 Å². The third-order valence-corrected chi connectivity index (χ3v) is 6.46. The number of allylic oxidation sites excluding steroid dienone is 1. The highest BCUT2D eigenvalue weighted by Crippen LogP contribution is 2.20. The van der Waals surface area contributed by atoms with Gasteiger partial charge in [0.25, 0.3) is 5.56 Å². The van der Waals surface area contributed by atoms with Gasteiger partial charge in [-0.05, 0) is 31.2 Å². The largest absolute Gasteiger partial charge is 0.381 e. The smallest absolute Gasteiger partial charge is 0.275 e. The minimum Gasteiger partial charge on any atom is -0.381 e. The summed E-state index contributed by atoms with van der Waals surface area (Å²) in [4.78, 5) is 24.2. The zero-order valence-electron chi connectivity index (χ0n) is 15.3. The van der Waals surface area contributed by atoms with E-state index in [0.29, 0.717) is 4.70 Å². The third-order valence-electron chi connectivity index (χ3n) is 4.52. The van der Waals surface area contributed by atoms with Gasteiger partial charge < -0.3 is 4.90 Å². The first-order valence-electron chi connectivity index (χ1n) is 8.36. The van der Waals surface area contributed by atoms with Crippen molar-refractivity contribution in [3.05, 3.63) is 62.8 Å². The second-order valence-corrected chi connectivity index (χ2v) is 8.26. The van der Waals surface area contributed by atoms with Crippen molar-refractivity contribution in [1.29, 1.82) is 0 Å². The van der Waals surface area contributed by atoms with Crippen molar-refractivity contribution < 1.29 is 0 Å². The maximum absolute atomic E-state index is 13.2. The molecule has 0 radical (unpaired) electrons. The average Bonchev–Trinajstić information content (AvgIpc) is 3.25. The van der Waals surface area contributed by atoms with Gasteiger partial charge in [0.15, 0.2) is 0 Å². The maximum Gasteiger partial charge on any atom is 0.275 e. The molecule has 0 saturated heterocycles. The van der Waals surface area contributed by atoms with Crippen LogP contribution in [0, 0.1) is 0 Å². The molecule has 4 rings (SSSR count). The van der Waals surface area contributed by atoms with E-state index in [1.54, 1.807) is 28.3 Å². The molecule has 0 N–H and O–H groups in total. The first-order chi connectivity index (χ1) is 13.0. The number of thiazole rings is 1. The van der Waals surface area contributed by atoms with Crippen LogP contribution in [0.2, 0.25) is 0 Å². The van der Waals surface area contributed by atoms with Crippen molar-refractivity contribution in [2.24, 2.45) is 0 Å². The normalized spacial score (nSPS) is 13.4. The van der Waals surface area contributed by atoms with Crippen LogP contribution in [0.15, 0.2) is 47.5 Å². The SMILES string of the molecule is C=C/C=c1/sc2c(=O)n(-c3ccc4scnc4c3)cnc2/c1=C(/C)N(C)C. The van der Waals surface area contributed by atoms with Crippen LogP contribution >= 0.6 is 22.7 Å². The Morgan fingerprint density at radius 3 is 2.85 bits per heavy atom. The van der Waals surface area contributed by atoms with Gasteiger partial charge in [0.1, 0.15) is 11.0 Å². The summed E-state index contributed by atoms with van der Waals surface area (Å²) < 4.78 is 4.31. The Balaban J connectivity index is 2.06. The Kier molecular flexibility index (Phi) is 4.41. The molecule has 7 heteroatoms. The quantitative estimate of drug-likeness (QED) is 0.536. The summed E-state index contributed by atoms with van der Waals surface area (Å²) in [5, 5.41) is 0.985. The first-order valence-corrected chi connectivity index (χ1v) is 10.1. The minimum absolute atomic E-state index is 0.0731. The molecule has 1 aromatic carbocycles. The van der Waals surface area contributed by atoms with E-state index in [9.17, 15) is 4.79 Å². The predicted molar refractivity (Wildman–Crippen MR) is 115 cm³/mol. The highest BCUT2D eigenvalue weighted by molar-refractivity contribution is 7.17. The molecule has 0 unspecified atom stereocenters. The fourth-order valence-electron chi connectivity index (χ4n) is 2.96. The van der Waals surface area contributed by atoms with Crippen LogP contribution in [0.1, 0.15) is 6.92 Å². The number of rotatable bonds is 3. The van der Waals surface area contributed by atoms with Crippen molar-refractivity contribution in [2.45, 2.75) is 6.92 Å². The molecule has 136 valence electrons. The molecule has 4 aromatic rings. The summed E-state index contributed by atoms with van der Waals surface area (Å²) in [6, 6.07) is 5.83. The predicted octanol–water partition coefficient (Wildman–Crippen LogP) is 2.71. The summed E-state index contributed by atoms with van der Waals surface area (Å²) in [5.41, 5.74) is 5.18. The van der Waals surface area contributed by atoms with Gasteiger partial charge in [0.2, 0.25) is 0 Å². The first kappa shape index (κ1) is 17.6. The molecule has 3 heterocycles. The van der Waals surface area contributed by atoms with E-state index in [-0.39, 0.29) is 5.56 Å². The lowest BCUT2D eigenvalue weighted by Gasteiger charge is -2.12. The summed E-state index contributed by atoms with van der Waals surface area (Å²) in [6.07, 6.45) is 5.28. The molecule has 0 fully saturated rings. The van der Waals surface area contributed by atoms with E-state index >= 15 is 0 Å². The van der Waals surface area contributed by atoms with Gasteiger partial charge in [0, 0.05) is 29.5 Å². The van der Waals surface area contributed by atoms with E-state index in [0.717, 1.165) is 36.9 Å². The zero-order valence-corrected chi connectivity index (χ0v) is 16.9. The van der Waals surface area contributed by atoms with E-state index in [2.05, 4.69) is 16.5 Å². The lowest BCUT2D eigenvalue weighted by Crippen LogP contribution is -2.28. The van der Waals surface area contributed by atoms with Crippen LogP contribution < -0.4 is 15.3 Å². The molecular formula is C20H18N4OS2. The fraction of sp³-hybridized carbons (Fsp3) is 0.150. The van der Waals surface area contributed by atoms with Crippen LogP contribution in [0.5, 0.6) is 0 Å². The van der Waals surface area contributed by atoms with E-state index < -0.39 is 0 Å². The second kappa shape index (κ2) is 6.75. The minimum atomic E-state index is -0.0731. The topological polar surface area (TPSA) is 51.0 Å². The number of thiophene rings is 1. The van der Waals surface area contributed by atoms with Crippen LogP contribution in [0.4, 0.5) is 0 Å². The number of nitrogens with zero attached hydrogens (tertiary/aromatic N) is 4. The fourth-order valence-corrected chi connectivity index (χ4v) is 4.79. The van der Waals surface area contributed by atoms with Crippen molar-refractivity contribution in [3.8, 4) is 5.69 Å². The Morgan fingerprint density at radius 2 is 2.11 bits per heavy atom. The Morgan fingerprint density at radius 1 is 1.30 bits per heavy atom. The molecule has 27 heavy (non-hydrogen) atoms. The number of benzene rings is 1. The van der Waals surface area contributed by atoms with Crippen LogP contribution in [0.3, 0.4) is 0 Å². The van der Waals surface area contributed by atoms with Gasteiger partial charge >= 0.3 is 0 Å². The Bertz CT molecular complexity index is 1360. The number of fused-ring (bicyclic) bond motifs is 2. The standard InChI is InChI=1S/C20H18N4OS2/c1-5-6-16-17(12(2)23(3)4)18-19(27-16)20(25)24(10-21-18)13-7-8-15-14(9-13)22-11-26-15/h5-11H,1H2,2-4H3/b16-6+,17-12-. The van der Waals surface area contributed by atoms with Gasteiger partial charge in [-0.15, -0.1) is 22.7 Å². The third kappa shape index (κ3) is 2.89. The van der Waals surface area contributed by atoms with Gasteiger partial charge in [0.05, 0.1) is 26.9 Å². The van der Waals surface area contributed by atoms with E-state index in [1.807, 2.05) is 55.7 Å². The molecule has 0 aliphatic rings.